The van der Waals surface area contributed by atoms with Crippen LogP contribution in [0.1, 0.15) is 37.3 Å². The molecule has 0 amide bonds. The maximum atomic E-state index is 6.22. The monoisotopic (exact) mass is 380 g/mol. The fraction of sp³-hybridized carbons (Fsp3) is 0.364. The largest absolute Gasteiger partial charge is 0.399 e. The minimum atomic E-state index is -1.79. The molecule has 0 aromatic heterocycles. The van der Waals surface area contributed by atoms with Gasteiger partial charge in [-0.3, -0.25) is 0 Å². The summed E-state index contributed by atoms with van der Waals surface area (Å²) in [5.41, 5.74) is 12.9. The summed E-state index contributed by atoms with van der Waals surface area (Å²) >= 11 is 2.07. The Labute approximate surface area is 162 Å². The smallest absolute Gasteiger partial charge is 0.113 e. The van der Waals surface area contributed by atoms with Crippen LogP contribution >= 0.6 is 11.8 Å². The third-order valence-corrected chi connectivity index (χ3v) is 11.0. The summed E-state index contributed by atoms with van der Waals surface area (Å²) in [7, 11) is 0.209. The van der Waals surface area contributed by atoms with Crippen LogP contribution in [0.25, 0.3) is 0 Å². The molecule has 2 aromatic rings. The standard InChI is InChI=1S/C22H28N2SSi/c1-13-10-14(2)25-22(13)21-17-8-6-15(23)11-19(17)26(4,5)20-12-16(24-3)7-9-18(20)21/h6-9,11-12,14,21,24H,10,23H2,1-5H3. The lowest BCUT2D eigenvalue weighted by Crippen LogP contribution is -2.59. The number of nitrogen functional groups attached to an aromatic ring is 1. The van der Waals surface area contributed by atoms with Crippen molar-refractivity contribution in [3.63, 3.8) is 0 Å². The number of thioether (sulfide) groups is 1. The first kappa shape index (κ1) is 17.7. The van der Waals surface area contributed by atoms with E-state index in [0.29, 0.717) is 11.2 Å². The van der Waals surface area contributed by atoms with Crippen molar-refractivity contribution in [3.8, 4) is 0 Å². The number of anilines is 2. The van der Waals surface area contributed by atoms with Crippen molar-refractivity contribution in [2.45, 2.75) is 44.5 Å². The molecule has 0 saturated heterocycles. The Morgan fingerprint density at radius 1 is 1.08 bits per heavy atom. The maximum absolute atomic E-state index is 6.22. The summed E-state index contributed by atoms with van der Waals surface area (Å²) in [6.45, 7) is 9.59. The van der Waals surface area contributed by atoms with Gasteiger partial charge in [0, 0.05) is 29.6 Å². The van der Waals surface area contributed by atoms with Crippen molar-refractivity contribution in [2.75, 3.05) is 18.1 Å². The van der Waals surface area contributed by atoms with Crippen LogP contribution in [0.2, 0.25) is 13.1 Å². The van der Waals surface area contributed by atoms with E-state index >= 15 is 0 Å². The van der Waals surface area contributed by atoms with Gasteiger partial charge in [-0.2, -0.15) is 0 Å². The molecule has 2 heterocycles. The third-order valence-electron chi connectivity index (χ3n) is 5.99. The zero-order chi connectivity index (χ0) is 18.6. The van der Waals surface area contributed by atoms with Gasteiger partial charge >= 0.3 is 0 Å². The maximum Gasteiger partial charge on any atom is 0.113 e. The van der Waals surface area contributed by atoms with Crippen molar-refractivity contribution in [2.24, 2.45) is 0 Å². The zero-order valence-corrected chi connectivity index (χ0v) is 18.1. The molecule has 0 fully saturated rings. The van der Waals surface area contributed by atoms with Gasteiger partial charge in [0.05, 0.1) is 0 Å². The third kappa shape index (κ3) is 2.62. The Morgan fingerprint density at radius 2 is 1.73 bits per heavy atom. The molecule has 2 nitrogen and oxygen atoms in total. The van der Waals surface area contributed by atoms with Gasteiger partial charge in [-0.25, -0.2) is 0 Å². The molecule has 0 bridgehead atoms. The lowest BCUT2D eigenvalue weighted by Gasteiger charge is -2.39. The highest BCUT2D eigenvalue weighted by molar-refractivity contribution is 8.04. The van der Waals surface area contributed by atoms with Crippen molar-refractivity contribution >= 4 is 41.6 Å². The van der Waals surface area contributed by atoms with Crippen molar-refractivity contribution in [3.05, 3.63) is 58.0 Å². The predicted molar refractivity (Wildman–Crippen MR) is 120 cm³/mol. The molecule has 2 aliphatic rings. The van der Waals surface area contributed by atoms with Crippen LogP contribution in [-0.4, -0.2) is 20.4 Å². The molecule has 4 rings (SSSR count). The number of nitrogens with two attached hydrogens (primary N) is 1. The van der Waals surface area contributed by atoms with Crippen molar-refractivity contribution in [1.82, 2.24) is 0 Å². The molecule has 2 unspecified atom stereocenters. The Hall–Kier alpha value is -1.65. The average Bonchev–Trinajstić information content (AvgIpc) is 2.94. The van der Waals surface area contributed by atoms with E-state index in [1.807, 2.05) is 7.05 Å². The predicted octanol–water partition coefficient (Wildman–Crippen LogP) is 4.38. The summed E-state index contributed by atoms with van der Waals surface area (Å²) in [5.74, 6) is 0.363. The van der Waals surface area contributed by atoms with E-state index < -0.39 is 8.07 Å². The van der Waals surface area contributed by atoms with Gasteiger partial charge in [-0.1, -0.05) is 37.7 Å². The molecular weight excluding hydrogens is 352 g/mol. The SMILES string of the molecule is CNc1ccc2c(c1)[Si](C)(C)c1cc(N)ccc1C2C1=C(C)CC(C)S1. The van der Waals surface area contributed by atoms with Crippen LogP contribution in [0.3, 0.4) is 0 Å². The molecule has 0 radical (unpaired) electrons. The second-order valence-electron chi connectivity index (χ2n) is 8.23. The molecule has 136 valence electrons. The second kappa shape index (κ2) is 6.21. The van der Waals surface area contributed by atoms with E-state index in [-0.39, 0.29) is 0 Å². The number of hydrogen-bond acceptors (Lipinski definition) is 3. The Morgan fingerprint density at radius 3 is 2.35 bits per heavy atom. The van der Waals surface area contributed by atoms with E-state index in [2.05, 4.69) is 80.4 Å². The van der Waals surface area contributed by atoms with Crippen LogP contribution in [0.5, 0.6) is 0 Å². The fourth-order valence-corrected chi connectivity index (χ4v) is 9.35. The van der Waals surface area contributed by atoms with E-state index in [0.717, 1.165) is 5.69 Å². The average molecular weight is 381 g/mol. The Balaban J connectivity index is 2.01. The van der Waals surface area contributed by atoms with Crippen molar-refractivity contribution in [1.29, 1.82) is 0 Å². The van der Waals surface area contributed by atoms with Crippen molar-refractivity contribution < 1.29 is 0 Å². The van der Waals surface area contributed by atoms with Gasteiger partial charge in [0.2, 0.25) is 0 Å². The number of fused-ring (bicyclic) bond motifs is 2. The zero-order valence-electron chi connectivity index (χ0n) is 16.3. The molecule has 3 N–H and O–H groups in total. The van der Waals surface area contributed by atoms with Gasteiger partial charge in [0.15, 0.2) is 0 Å². The highest BCUT2D eigenvalue weighted by Crippen LogP contribution is 2.49. The molecule has 0 spiro atoms. The van der Waals surface area contributed by atoms with Gasteiger partial charge in [-0.05, 0) is 64.0 Å². The first-order chi connectivity index (χ1) is 12.3. The van der Waals surface area contributed by atoms with Crippen LogP contribution in [0.15, 0.2) is 46.9 Å². The summed E-state index contributed by atoms with van der Waals surface area (Å²) in [6, 6.07) is 13.6. The molecule has 2 aromatic carbocycles. The topological polar surface area (TPSA) is 38.0 Å². The first-order valence-corrected chi connectivity index (χ1v) is 13.3. The fourth-order valence-electron chi connectivity index (χ4n) is 4.67. The van der Waals surface area contributed by atoms with Crippen LogP contribution in [0, 0.1) is 0 Å². The molecule has 26 heavy (non-hydrogen) atoms. The quantitative estimate of drug-likeness (QED) is 0.600. The van der Waals surface area contributed by atoms with Crippen LogP contribution < -0.4 is 21.4 Å². The molecule has 4 heteroatoms. The lowest BCUT2D eigenvalue weighted by molar-refractivity contribution is 0.929. The lowest BCUT2D eigenvalue weighted by atomic mass is 9.87. The van der Waals surface area contributed by atoms with E-state index in [9.17, 15) is 0 Å². The highest BCUT2D eigenvalue weighted by atomic mass is 32.2. The Bertz CT molecular complexity index is 916. The summed E-state index contributed by atoms with van der Waals surface area (Å²) in [4.78, 5) is 1.56. The number of allylic oxidation sites excluding steroid dienone is 2. The minimum absolute atomic E-state index is 0.363. The number of nitrogens with one attached hydrogen (secondary N) is 1. The van der Waals surface area contributed by atoms with Gasteiger partial charge in [0.25, 0.3) is 0 Å². The minimum Gasteiger partial charge on any atom is -0.399 e. The van der Waals surface area contributed by atoms with Crippen LogP contribution in [-0.2, 0) is 0 Å². The summed E-state index contributed by atoms with van der Waals surface area (Å²) < 4.78 is 0. The number of rotatable bonds is 2. The normalized spacial score (nSPS) is 23.6. The second-order valence-corrected chi connectivity index (χ2v) is 14.0. The van der Waals surface area contributed by atoms with Gasteiger partial charge in [-0.15, -0.1) is 11.8 Å². The van der Waals surface area contributed by atoms with Crippen LogP contribution in [0.4, 0.5) is 11.4 Å². The number of benzene rings is 2. The van der Waals surface area contributed by atoms with E-state index in [1.54, 1.807) is 15.7 Å². The molecule has 2 aliphatic heterocycles. The Kier molecular flexibility index (Phi) is 4.24. The van der Waals surface area contributed by atoms with E-state index in [1.165, 1.54) is 28.4 Å². The molecule has 0 aliphatic carbocycles. The van der Waals surface area contributed by atoms with Gasteiger partial charge < -0.3 is 11.1 Å². The first-order valence-electron chi connectivity index (χ1n) is 9.41. The van der Waals surface area contributed by atoms with E-state index in [4.69, 9.17) is 5.73 Å². The highest BCUT2D eigenvalue weighted by Gasteiger charge is 2.42. The molecule has 0 saturated carbocycles. The summed E-state index contributed by atoms with van der Waals surface area (Å²) in [5, 5.41) is 7.06. The molecule has 2 atom stereocenters. The molecular formula is C22H28N2SSi. The van der Waals surface area contributed by atoms with Gasteiger partial charge in [0.1, 0.15) is 8.07 Å². The number of hydrogen-bond donors (Lipinski definition) is 2. The summed E-state index contributed by atoms with van der Waals surface area (Å²) in [6.07, 6.45) is 1.20.